The van der Waals surface area contributed by atoms with Crippen molar-refractivity contribution in [2.45, 2.75) is 33.9 Å². The van der Waals surface area contributed by atoms with Crippen LogP contribution in [0.3, 0.4) is 0 Å². The highest BCUT2D eigenvalue weighted by Crippen LogP contribution is 2.15. The van der Waals surface area contributed by atoms with Gasteiger partial charge in [0.05, 0.1) is 5.69 Å². The first kappa shape index (κ1) is 15.6. The zero-order valence-electron chi connectivity index (χ0n) is 13.4. The molecule has 0 bridgehead atoms. The summed E-state index contributed by atoms with van der Waals surface area (Å²) in [4.78, 5) is 6.54. The second kappa shape index (κ2) is 7.27. The molecule has 21 heavy (non-hydrogen) atoms. The van der Waals surface area contributed by atoms with E-state index in [9.17, 15) is 0 Å². The minimum absolute atomic E-state index is 0.639. The zero-order valence-corrected chi connectivity index (χ0v) is 13.4. The quantitative estimate of drug-likeness (QED) is 0.848. The average Bonchev–Trinajstić information content (AvgIpc) is 2.90. The average molecular weight is 287 g/mol. The summed E-state index contributed by atoms with van der Waals surface area (Å²) in [5.41, 5.74) is 3.47. The van der Waals surface area contributed by atoms with Crippen LogP contribution in [0, 0.1) is 12.8 Å². The van der Waals surface area contributed by atoms with Crippen LogP contribution in [0.2, 0.25) is 0 Å². The Labute approximate surface area is 127 Å². The molecule has 0 spiro atoms. The lowest BCUT2D eigenvalue weighted by atomic mass is 10.1. The number of hydrogen-bond acceptors (Lipinski definition) is 4. The molecule has 1 aromatic heterocycles. The van der Waals surface area contributed by atoms with Gasteiger partial charge in [-0.25, -0.2) is 0 Å². The normalized spacial score (nSPS) is 11.1. The minimum atomic E-state index is 0.639. The third kappa shape index (κ3) is 4.90. The monoisotopic (exact) mass is 287 g/mol. The summed E-state index contributed by atoms with van der Waals surface area (Å²) in [5, 5.41) is 3.37. The second-order valence-corrected chi connectivity index (χ2v) is 5.99. The van der Waals surface area contributed by atoms with E-state index in [1.807, 2.05) is 11.9 Å². The fraction of sp³-hybridized carbons (Fsp3) is 0.471. The van der Waals surface area contributed by atoms with Crippen molar-refractivity contribution in [2.24, 2.45) is 5.92 Å². The number of oxazole rings is 1. The van der Waals surface area contributed by atoms with E-state index in [0.717, 1.165) is 25.3 Å². The van der Waals surface area contributed by atoms with Gasteiger partial charge in [0.1, 0.15) is 6.26 Å². The molecule has 0 amide bonds. The molecule has 2 aromatic rings. The molecule has 0 atom stereocenters. The van der Waals surface area contributed by atoms with Crippen molar-refractivity contribution in [3.05, 3.63) is 47.3 Å². The highest BCUT2D eigenvalue weighted by atomic mass is 16.4. The summed E-state index contributed by atoms with van der Waals surface area (Å²) >= 11 is 0. The van der Waals surface area contributed by atoms with Crippen LogP contribution >= 0.6 is 0 Å². The summed E-state index contributed by atoms with van der Waals surface area (Å²) in [6.07, 6.45) is 1.73. The lowest BCUT2D eigenvalue weighted by molar-refractivity contribution is 0.535. The predicted octanol–water partition coefficient (Wildman–Crippen LogP) is 3.37. The number of benzene rings is 1. The smallest absolute Gasteiger partial charge is 0.297 e. The van der Waals surface area contributed by atoms with Crippen LogP contribution in [0.4, 0.5) is 6.01 Å². The Morgan fingerprint density at radius 3 is 2.62 bits per heavy atom. The highest BCUT2D eigenvalue weighted by Gasteiger charge is 2.09. The molecular formula is C17H25N3O. The van der Waals surface area contributed by atoms with Crippen LogP contribution in [0.25, 0.3) is 0 Å². The standard InChI is InChI=1S/C17H25N3O/c1-13(2)9-18-10-16-12-21-17(19-16)20(4)11-15-7-5-14(3)6-8-15/h5-8,12-13,18H,9-11H2,1-4H3. The van der Waals surface area contributed by atoms with E-state index >= 15 is 0 Å². The molecule has 1 N–H and O–H groups in total. The summed E-state index contributed by atoms with van der Waals surface area (Å²) in [6.45, 7) is 9.01. The van der Waals surface area contributed by atoms with E-state index in [1.165, 1.54) is 11.1 Å². The maximum atomic E-state index is 5.55. The molecule has 4 nitrogen and oxygen atoms in total. The van der Waals surface area contributed by atoms with Gasteiger partial charge >= 0.3 is 0 Å². The van der Waals surface area contributed by atoms with Gasteiger partial charge in [0.15, 0.2) is 0 Å². The lowest BCUT2D eigenvalue weighted by Gasteiger charge is -2.14. The molecule has 4 heteroatoms. The Hall–Kier alpha value is -1.81. The van der Waals surface area contributed by atoms with E-state index < -0.39 is 0 Å². The summed E-state index contributed by atoms with van der Waals surface area (Å²) in [6, 6.07) is 9.19. The SMILES string of the molecule is Cc1ccc(CN(C)c2nc(CNCC(C)C)co2)cc1. The van der Waals surface area contributed by atoms with E-state index in [0.29, 0.717) is 11.9 Å². The molecule has 0 saturated heterocycles. The number of hydrogen-bond donors (Lipinski definition) is 1. The first-order valence-corrected chi connectivity index (χ1v) is 7.46. The molecule has 0 unspecified atom stereocenters. The van der Waals surface area contributed by atoms with Crippen molar-refractivity contribution in [2.75, 3.05) is 18.5 Å². The Balaban J connectivity index is 1.89. The third-order valence-electron chi connectivity index (χ3n) is 3.27. The minimum Gasteiger partial charge on any atom is -0.432 e. The van der Waals surface area contributed by atoms with Crippen LogP contribution in [-0.4, -0.2) is 18.6 Å². The third-order valence-corrected chi connectivity index (χ3v) is 3.27. The summed E-state index contributed by atoms with van der Waals surface area (Å²) in [7, 11) is 2.00. The molecule has 0 fully saturated rings. The van der Waals surface area contributed by atoms with Crippen molar-refractivity contribution in [1.29, 1.82) is 0 Å². The Kier molecular flexibility index (Phi) is 5.39. The molecule has 1 aromatic carbocycles. The molecule has 2 rings (SSSR count). The molecule has 1 heterocycles. The number of aryl methyl sites for hydroxylation is 1. The van der Waals surface area contributed by atoms with Gasteiger partial charge in [-0.3, -0.25) is 0 Å². The molecule has 0 aliphatic heterocycles. The van der Waals surface area contributed by atoms with E-state index in [-0.39, 0.29) is 0 Å². The van der Waals surface area contributed by atoms with Crippen molar-refractivity contribution in [1.82, 2.24) is 10.3 Å². The van der Waals surface area contributed by atoms with Crippen LogP contribution in [0.1, 0.15) is 30.7 Å². The first-order chi connectivity index (χ1) is 10.0. The fourth-order valence-corrected chi connectivity index (χ4v) is 2.08. The molecule has 0 aliphatic rings. The maximum Gasteiger partial charge on any atom is 0.297 e. The van der Waals surface area contributed by atoms with Crippen LogP contribution in [0.15, 0.2) is 34.9 Å². The van der Waals surface area contributed by atoms with Gasteiger partial charge in [-0.2, -0.15) is 4.98 Å². The summed E-state index contributed by atoms with van der Waals surface area (Å²) in [5.74, 6) is 0.639. The van der Waals surface area contributed by atoms with Gasteiger partial charge in [0, 0.05) is 20.1 Å². The van der Waals surface area contributed by atoms with Gasteiger partial charge in [0.25, 0.3) is 6.01 Å². The van der Waals surface area contributed by atoms with Crippen molar-refractivity contribution >= 4 is 6.01 Å². The fourth-order valence-electron chi connectivity index (χ4n) is 2.08. The van der Waals surface area contributed by atoms with Crippen molar-refractivity contribution in [3.8, 4) is 0 Å². The van der Waals surface area contributed by atoms with E-state index in [4.69, 9.17) is 4.42 Å². The molecular weight excluding hydrogens is 262 g/mol. The van der Waals surface area contributed by atoms with Crippen molar-refractivity contribution < 1.29 is 4.42 Å². The zero-order chi connectivity index (χ0) is 15.2. The number of anilines is 1. The van der Waals surface area contributed by atoms with E-state index in [1.54, 1.807) is 6.26 Å². The summed E-state index contributed by atoms with van der Waals surface area (Å²) < 4.78 is 5.55. The van der Waals surface area contributed by atoms with E-state index in [2.05, 4.69) is 55.3 Å². The molecule has 0 aliphatic carbocycles. The highest BCUT2D eigenvalue weighted by molar-refractivity contribution is 5.30. The topological polar surface area (TPSA) is 41.3 Å². The number of rotatable bonds is 7. The lowest BCUT2D eigenvalue weighted by Crippen LogP contribution is -2.20. The van der Waals surface area contributed by atoms with Crippen molar-refractivity contribution in [3.63, 3.8) is 0 Å². The number of aromatic nitrogens is 1. The molecule has 0 saturated carbocycles. The van der Waals surface area contributed by atoms with Gasteiger partial charge < -0.3 is 14.6 Å². The van der Waals surface area contributed by atoms with Crippen LogP contribution in [0.5, 0.6) is 0 Å². The largest absolute Gasteiger partial charge is 0.432 e. The van der Waals surface area contributed by atoms with Gasteiger partial charge in [-0.05, 0) is 24.9 Å². The Morgan fingerprint density at radius 1 is 1.24 bits per heavy atom. The van der Waals surface area contributed by atoms with Gasteiger partial charge in [0.2, 0.25) is 0 Å². The predicted molar refractivity (Wildman–Crippen MR) is 86.3 cm³/mol. The maximum absolute atomic E-state index is 5.55. The Bertz CT molecular complexity index is 545. The molecule has 0 radical (unpaired) electrons. The van der Waals surface area contributed by atoms with Gasteiger partial charge in [-0.1, -0.05) is 43.7 Å². The number of nitrogens with one attached hydrogen (secondary N) is 1. The molecule has 114 valence electrons. The van der Waals surface area contributed by atoms with Crippen LogP contribution < -0.4 is 10.2 Å². The Morgan fingerprint density at radius 2 is 1.95 bits per heavy atom. The second-order valence-electron chi connectivity index (χ2n) is 5.99. The number of nitrogens with zero attached hydrogens (tertiary/aromatic N) is 2. The van der Waals surface area contributed by atoms with Crippen LogP contribution in [-0.2, 0) is 13.1 Å². The first-order valence-electron chi connectivity index (χ1n) is 7.46. The van der Waals surface area contributed by atoms with Gasteiger partial charge in [-0.15, -0.1) is 0 Å².